The quantitative estimate of drug-likeness (QED) is 0.0959. The zero-order valence-electron chi connectivity index (χ0n) is 63.0. The Labute approximate surface area is 644 Å². The molecule has 0 bridgehead atoms. The first kappa shape index (κ1) is 73.3. The minimum absolute atomic E-state index is 0.219. The molecule has 4 aromatic heterocycles. The second-order valence-electron chi connectivity index (χ2n) is 28.0. The molecule has 0 unspecified atom stereocenters. The number of rotatable bonds is 15. The Balaban J connectivity index is 0.000000122. The van der Waals surface area contributed by atoms with E-state index in [0.29, 0.717) is 23.3 Å². The standard InChI is InChI=1S/C26H21N3.3C24H21N3/c1-17(2)24-27-25(22-13-11-18-7-3-5-9-20(18)15-22)29-26(28-24)23-14-12-19-8-4-6-10-21(19)16-23;1-17(2)22-25-23(19-13-7-4-8-14-19)27-24(26-22)21-16-10-9-15-20(21)18-11-5-3-6-12-18;1-17(2)22-25-23(19-12-7-4-8-13-19)27-24(26-22)21-15-9-14-20(16-21)18-10-5-3-6-11-18;1-17(2)22-25-23(20-11-7-4-8-12-20)27-24(26-22)21-15-13-19(14-16-21)18-9-5-3-6-10-18/h3-17H,1-2H3;3*3-17H,1-2H3. The Kier molecular flexibility index (Phi) is 23.2. The maximum atomic E-state index is 4.85. The van der Waals surface area contributed by atoms with Crippen LogP contribution < -0.4 is 0 Å². The van der Waals surface area contributed by atoms with Crippen LogP contribution in [0, 0.1) is 0 Å². The fraction of sp³-hybridized carbons (Fsp3) is 0.122. The van der Waals surface area contributed by atoms with E-state index in [1.807, 2.05) is 115 Å². The highest BCUT2D eigenvalue weighted by Gasteiger charge is 2.20. The molecule has 0 amide bonds. The molecule has 13 aromatic carbocycles. The fourth-order valence-corrected chi connectivity index (χ4v) is 12.5. The van der Waals surface area contributed by atoms with E-state index in [-0.39, 0.29) is 23.7 Å². The molecule has 4 heterocycles. The summed E-state index contributed by atoms with van der Waals surface area (Å²) in [5.74, 6) is 9.87. The van der Waals surface area contributed by atoms with Crippen molar-refractivity contribution in [1.29, 1.82) is 0 Å². The SMILES string of the molecule is CC(C)c1nc(-c2ccc3ccccc3c2)nc(-c2ccc3ccccc3c2)n1.CC(C)c1nc(-c2ccccc2)nc(-c2ccc(-c3ccccc3)cc2)n1.CC(C)c1nc(-c2ccccc2)nc(-c2cccc(-c3ccccc3)c2)n1.CC(C)c1nc(-c2ccccc2)nc(-c2ccccc2-c2ccccc2)n1. The molecule has 110 heavy (non-hydrogen) atoms. The number of hydrogen-bond donors (Lipinski definition) is 0. The van der Waals surface area contributed by atoms with Crippen molar-refractivity contribution in [2.45, 2.75) is 79.1 Å². The molecule has 17 aromatic rings. The molecule has 12 heteroatoms. The number of hydrogen-bond acceptors (Lipinski definition) is 12. The van der Waals surface area contributed by atoms with Gasteiger partial charge in [-0.15, -0.1) is 0 Å². The van der Waals surface area contributed by atoms with Crippen LogP contribution in [0.2, 0.25) is 0 Å². The average molecular weight is 1430 g/mol. The van der Waals surface area contributed by atoms with Crippen molar-refractivity contribution in [3.05, 3.63) is 363 Å². The molecule has 12 nitrogen and oxygen atoms in total. The highest BCUT2D eigenvalue weighted by Crippen LogP contribution is 2.35. The van der Waals surface area contributed by atoms with Gasteiger partial charge in [0.15, 0.2) is 46.6 Å². The summed E-state index contributed by atoms with van der Waals surface area (Å²) in [7, 11) is 0. The Morgan fingerprint density at radius 2 is 0.373 bits per heavy atom. The van der Waals surface area contributed by atoms with E-state index in [1.165, 1.54) is 38.2 Å². The first-order valence-electron chi connectivity index (χ1n) is 37.5. The molecule has 0 aliphatic carbocycles. The molecule has 0 spiro atoms. The first-order chi connectivity index (χ1) is 53.8. The molecule has 0 saturated heterocycles. The van der Waals surface area contributed by atoms with Crippen LogP contribution in [0.1, 0.15) is 102 Å². The van der Waals surface area contributed by atoms with Gasteiger partial charge in [0.05, 0.1) is 0 Å². The molecule has 0 atom stereocenters. The summed E-state index contributed by atoms with van der Waals surface area (Å²) in [6.07, 6.45) is 0. The van der Waals surface area contributed by atoms with Gasteiger partial charge in [-0.05, 0) is 73.1 Å². The summed E-state index contributed by atoms with van der Waals surface area (Å²) >= 11 is 0. The van der Waals surface area contributed by atoms with Crippen LogP contribution in [0.3, 0.4) is 0 Å². The minimum Gasteiger partial charge on any atom is -0.213 e. The van der Waals surface area contributed by atoms with Crippen LogP contribution in [-0.4, -0.2) is 59.8 Å². The Morgan fingerprint density at radius 1 is 0.145 bits per heavy atom. The predicted octanol–water partition coefficient (Wildman–Crippen LogP) is 24.6. The third-order valence-electron chi connectivity index (χ3n) is 18.5. The Bertz CT molecular complexity index is 5810. The van der Waals surface area contributed by atoms with E-state index in [0.717, 1.165) is 108 Å². The zero-order chi connectivity index (χ0) is 75.7. The second-order valence-corrected chi connectivity index (χ2v) is 28.0. The minimum atomic E-state index is 0.219. The van der Waals surface area contributed by atoms with Crippen LogP contribution in [-0.2, 0) is 0 Å². The van der Waals surface area contributed by atoms with E-state index >= 15 is 0 Å². The molecule has 0 aliphatic heterocycles. The number of nitrogens with zero attached hydrogens (tertiary/aromatic N) is 12. The van der Waals surface area contributed by atoms with E-state index < -0.39 is 0 Å². The molecule has 0 saturated carbocycles. The molecular weight excluding hydrogens is 1350 g/mol. The lowest BCUT2D eigenvalue weighted by atomic mass is 9.99. The van der Waals surface area contributed by atoms with E-state index in [9.17, 15) is 0 Å². The lowest BCUT2D eigenvalue weighted by Gasteiger charge is -2.12. The van der Waals surface area contributed by atoms with Gasteiger partial charge in [0, 0.05) is 68.2 Å². The summed E-state index contributed by atoms with van der Waals surface area (Å²) in [5.41, 5.74) is 15.0. The zero-order valence-corrected chi connectivity index (χ0v) is 63.0. The summed E-state index contributed by atoms with van der Waals surface area (Å²) < 4.78 is 0. The van der Waals surface area contributed by atoms with Gasteiger partial charge in [-0.25, -0.2) is 59.8 Å². The summed E-state index contributed by atoms with van der Waals surface area (Å²) in [6.45, 7) is 16.9. The lowest BCUT2D eigenvalue weighted by Crippen LogP contribution is -2.05. The average Bonchev–Trinajstić information content (AvgIpc) is 0.796. The van der Waals surface area contributed by atoms with Gasteiger partial charge in [-0.2, -0.15) is 0 Å². The van der Waals surface area contributed by atoms with Crippen molar-refractivity contribution in [3.8, 4) is 124 Å². The van der Waals surface area contributed by atoms with Gasteiger partial charge in [0.1, 0.15) is 23.3 Å². The van der Waals surface area contributed by atoms with Gasteiger partial charge in [-0.1, -0.05) is 377 Å². The normalized spacial score (nSPS) is 11.1. The van der Waals surface area contributed by atoms with E-state index in [1.54, 1.807) is 0 Å². The van der Waals surface area contributed by atoms with Crippen LogP contribution in [0.5, 0.6) is 0 Å². The van der Waals surface area contributed by atoms with Crippen molar-refractivity contribution in [3.63, 3.8) is 0 Å². The van der Waals surface area contributed by atoms with Gasteiger partial charge in [-0.3, -0.25) is 0 Å². The lowest BCUT2D eigenvalue weighted by molar-refractivity contribution is 0.766. The van der Waals surface area contributed by atoms with Crippen molar-refractivity contribution in [2.24, 2.45) is 0 Å². The Morgan fingerprint density at radius 3 is 0.745 bits per heavy atom. The van der Waals surface area contributed by atoms with Crippen LogP contribution >= 0.6 is 0 Å². The highest BCUT2D eigenvalue weighted by atomic mass is 15.1. The number of benzene rings is 13. The number of aromatic nitrogens is 12. The number of fused-ring (bicyclic) bond motifs is 2. The van der Waals surface area contributed by atoms with E-state index in [4.69, 9.17) is 49.8 Å². The monoisotopic (exact) mass is 1430 g/mol. The van der Waals surface area contributed by atoms with E-state index in [2.05, 4.69) is 290 Å². The summed E-state index contributed by atoms with van der Waals surface area (Å²) in [5, 5.41) is 4.79. The van der Waals surface area contributed by atoms with Crippen LogP contribution in [0.25, 0.3) is 146 Å². The van der Waals surface area contributed by atoms with Gasteiger partial charge >= 0.3 is 0 Å². The summed E-state index contributed by atoms with van der Waals surface area (Å²) in [4.78, 5) is 57.0. The molecule has 0 aliphatic rings. The van der Waals surface area contributed by atoms with Crippen LogP contribution in [0.15, 0.2) is 340 Å². The molecule has 0 fully saturated rings. The third kappa shape index (κ3) is 18.1. The Hall–Kier alpha value is -13.6. The molecule has 0 radical (unpaired) electrons. The third-order valence-corrected chi connectivity index (χ3v) is 18.5. The molecule has 536 valence electrons. The largest absolute Gasteiger partial charge is 0.213 e. The fourth-order valence-electron chi connectivity index (χ4n) is 12.5. The van der Waals surface area contributed by atoms with Crippen molar-refractivity contribution >= 4 is 21.5 Å². The highest BCUT2D eigenvalue weighted by molar-refractivity contribution is 5.88. The van der Waals surface area contributed by atoms with Gasteiger partial charge in [0.2, 0.25) is 0 Å². The maximum Gasteiger partial charge on any atom is 0.164 e. The van der Waals surface area contributed by atoms with Crippen LogP contribution in [0.4, 0.5) is 0 Å². The summed E-state index contributed by atoms with van der Waals surface area (Å²) in [6, 6.07) is 116. The second kappa shape index (κ2) is 34.8. The van der Waals surface area contributed by atoms with Gasteiger partial charge in [0.25, 0.3) is 0 Å². The maximum absolute atomic E-state index is 4.85. The predicted molar refractivity (Wildman–Crippen MR) is 450 cm³/mol. The molecular formula is C98H84N12. The van der Waals surface area contributed by atoms with Crippen molar-refractivity contribution in [1.82, 2.24) is 59.8 Å². The first-order valence-corrected chi connectivity index (χ1v) is 37.5. The van der Waals surface area contributed by atoms with Gasteiger partial charge < -0.3 is 0 Å². The topological polar surface area (TPSA) is 155 Å². The molecule has 0 N–H and O–H groups in total. The van der Waals surface area contributed by atoms with Crippen molar-refractivity contribution in [2.75, 3.05) is 0 Å². The van der Waals surface area contributed by atoms with Crippen molar-refractivity contribution < 1.29 is 0 Å². The molecule has 17 rings (SSSR count). The smallest absolute Gasteiger partial charge is 0.164 e.